The largest absolute Gasteiger partial charge is 0.478 e. The number of hydrogen-bond acceptors (Lipinski definition) is 5. The molecule has 0 N–H and O–H groups in total. The van der Waals surface area contributed by atoms with Gasteiger partial charge in [0.25, 0.3) is 5.56 Å². The maximum atomic E-state index is 13.6. The predicted molar refractivity (Wildman–Crippen MR) is 117 cm³/mol. The molecule has 4 rings (SSSR count). The molecule has 0 unspecified atom stereocenters. The van der Waals surface area contributed by atoms with Crippen molar-refractivity contribution in [3.8, 4) is 34.2 Å². The molecule has 0 spiro atoms. The third kappa shape index (κ3) is 4.95. The van der Waals surface area contributed by atoms with Crippen molar-refractivity contribution in [3.05, 3.63) is 77.1 Å². The van der Waals surface area contributed by atoms with Crippen molar-refractivity contribution in [2.24, 2.45) is 0 Å². The van der Waals surface area contributed by atoms with E-state index in [-0.39, 0.29) is 17.1 Å². The molecule has 0 aliphatic heterocycles. The van der Waals surface area contributed by atoms with Gasteiger partial charge in [0.2, 0.25) is 5.88 Å². The highest BCUT2D eigenvalue weighted by molar-refractivity contribution is 5.83. The average Bonchev–Trinajstić information content (AvgIpc) is 2.80. The SMILES string of the molecule is CCOc1ccc2cc(-c3ccc(OC(F)F)cc3)c(=O)n(-c3ccc(OC(F)F)cc3)c2n1. The smallest absolute Gasteiger partial charge is 0.387 e. The van der Waals surface area contributed by atoms with Crippen molar-refractivity contribution in [1.29, 1.82) is 0 Å². The Labute approximate surface area is 191 Å². The summed E-state index contributed by atoms with van der Waals surface area (Å²) < 4.78 is 65.5. The van der Waals surface area contributed by atoms with Gasteiger partial charge < -0.3 is 14.2 Å². The van der Waals surface area contributed by atoms with E-state index in [2.05, 4.69) is 14.5 Å². The summed E-state index contributed by atoms with van der Waals surface area (Å²) in [6.07, 6.45) is 0. The van der Waals surface area contributed by atoms with Gasteiger partial charge in [0.1, 0.15) is 11.5 Å². The van der Waals surface area contributed by atoms with Crippen molar-refractivity contribution in [1.82, 2.24) is 9.55 Å². The van der Waals surface area contributed by atoms with Gasteiger partial charge in [0.05, 0.1) is 12.3 Å². The Hall–Kier alpha value is -4.08. The quantitative estimate of drug-likeness (QED) is 0.309. The Kier molecular flexibility index (Phi) is 6.67. The van der Waals surface area contributed by atoms with Gasteiger partial charge in [0, 0.05) is 17.0 Å². The van der Waals surface area contributed by atoms with Gasteiger partial charge in [-0.2, -0.15) is 22.5 Å². The lowest BCUT2D eigenvalue weighted by Crippen LogP contribution is -2.21. The van der Waals surface area contributed by atoms with Crippen LogP contribution in [0.1, 0.15) is 6.92 Å². The number of benzene rings is 2. The minimum atomic E-state index is -2.98. The Morgan fingerprint density at radius 1 is 0.853 bits per heavy atom. The highest BCUT2D eigenvalue weighted by Gasteiger charge is 2.16. The zero-order valence-electron chi connectivity index (χ0n) is 17.8. The summed E-state index contributed by atoms with van der Waals surface area (Å²) >= 11 is 0. The van der Waals surface area contributed by atoms with E-state index in [1.54, 1.807) is 25.1 Å². The highest BCUT2D eigenvalue weighted by Crippen LogP contribution is 2.27. The molecule has 6 nitrogen and oxygen atoms in total. The molecular formula is C24H18F4N2O4. The van der Waals surface area contributed by atoms with Crippen molar-refractivity contribution in [2.45, 2.75) is 20.1 Å². The second kappa shape index (κ2) is 9.82. The molecule has 0 saturated carbocycles. The number of aromatic nitrogens is 2. The van der Waals surface area contributed by atoms with Gasteiger partial charge in [-0.25, -0.2) is 0 Å². The monoisotopic (exact) mass is 474 g/mol. The van der Waals surface area contributed by atoms with E-state index in [0.717, 1.165) is 0 Å². The molecular weight excluding hydrogens is 456 g/mol. The summed E-state index contributed by atoms with van der Waals surface area (Å²) in [4.78, 5) is 18.0. The van der Waals surface area contributed by atoms with Crippen molar-refractivity contribution in [3.63, 3.8) is 0 Å². The molecule has 34 heavy (non-hydrogen) atoms. The second-order valence-corrected chi connectivity index (χ2v) is 6.97. The molecule has 2 heterocycles. The summed E-state index contributed by atoms with van der Waals surface area (Å²) in [5, 5.41) is 0.596. The molecule has 0 aliphatic rings. The maximum Gasteiger partial charge on any atom is 0.387 e. The number of rotatable bonds is 8. The van der Waals surface area contributed by atoms with Crippen molar-refractivity contribution in [2.75, 3.05) is 6.61 Å². The number of pyridine rings is 2. The van der Waals surface area contributed by atoms with Gasteiger partial charge in [-0.15, -0.1) is 0 Å². The summed E-state index contributed by atoms with van der Waals surface area (Å²) in [5.41, 5.74) is 0.930. The standard InChI is InChI=1S/C24H18F4N2O4/c1-2-32-20-12-5-15-13-19(14-3-8-17(9-4-14)33-23(25)26)22(31)30(21(15)29-20)16-6-10-18(11-7-16)34-24(27)28/h3-13,23-24H,2H2,1H3. The minimum Gasteiger partial charge on any atom is -0.478 e. The van der Waals surface area contributed by atoms with Gasteiger partial charge in [-0.05, 0) is 61.0 Å². The van der Waals surface area contributed by atoms with E-state index in [4.69, 9.17) is 4.74 Å². The highest BCUT2D eigenvalue weighted by atomic mass is 19.3. The minimum absolute atomic E-state index is 0.0440. The van der Waals surface area contributed by atoms with Gasteiger partial charge in [-0.1, -0.05) is 12.1 Å². The Morgan fingerprint density at radius 2 is 1.44 bits per heavy atom. The van der Waals surface area contributed by atoms with E-state index in [0.29, 0.717) is 34.8 Å². The Bertz CT molecular complexity index is 1340. The summed E-state index contributed by atoms with van der Waals surface area (Å²) in [7, 11) is 0. The lowest BCUT2D eigenvalue weighted by atomic mass is 10.1. The van der Waals surface area contributed by atoms with E-state index in [1.807, 2.05) is 0 Å². The number of halogens is 4. The molecule has 0 radical (unpaired) electrons. The third-order valence-electron chi connectivity index (χ3n) is 4.83. The van der Waals surface area contributed by atoms with Crippen LogP contribution < -0.4 is 19.8 Å². The summed E-state index contributed by atoms with van der Waals surface area (Å²) in [6, 6.07) is 16.2. The van der Waals surface area contributed by atoms with Crippen LogP contribution in [0.15, 0.2) is 71.5 Å². The first-order chi connectivity index (χ1) is 16.4. The molecule has 0 fully saturated rings. The van der Waals surface area contributed by atoms with Crippen LogP contribution >= 0.6 is 0 Å². The van der Waals surface area contributed by atoms with Crippen molar-refractivity contribution < 1.29 is 31.8 Å². The molecule has 2 aromatic heterocycles. The first-order valence-electron chi connectivity index (χ1n) is 10.2. The Morgan fingerprint density at radius 3 is 2.00 bits per heavy atom. The molecule has 10 heteroatoms. The summed E-state index contributed by atoms with van der Waals surface area (Å²) in [6.45, 7) is -3.78. The van der Waals surface area contributed by atoms with Crippen LogP contribution in [-0.4, -0.2) is 29.4 Å². The number of fused-ring (bicyclic) bond motifs is 1. The zero-order chi connectivity index (χ0) is 24.2. The second-order valence-electron chi connectivity index (χ2n) is 6.97. The van der Waals surface area contributed by atoms with E-state index in [9.17, 15) is 22.4 Å². The lowest BCUT2D eigenvalue weighted by molar-refractivity contribution is -0.0505. The topological polar surface area (TPSA) is 62.6 Å². The van der Waals surface area contributed by atoms with Crippen LogP contribution in [0.25, 0.3) is 27.8 Å². The lowest BCUT2D eigenvalue weighted by Gasteiger charge is -2.14. The van der Waals surface area contributed by atoms with E-state index in [1.165, 1.54) is 53.1 Å². The van der Waals surface area contributed by atoms with Crippen molar-refractivity contribution >= 4 is 11.0 Å². The molecule has 4 aromatic rings. The fourth-order valence-electron chi connectivity index (χ4n) is 3.43. The predicted octanol–water partition coefficient (Wildman–Crippen LogP) is 5.65. The molecule has 176 valence electrons. The number of ether oxygens (including phenoxy) is 3. The molecule has 0 atom stereocenters. The van der Waals surface area contributed by atoms with Gasteiger partial charge in [-0.3, -0.25) is 9.36 Å². The first kappa shape index (κ1) is 23.1. The number of alkyl halides is 4. The van der Waals surface area contributed by atoms with Gasteiger partial charge >= 0.3 is 13.2 Å². The average molecular weight is 474 g/mol. The fraction of sp³-hybridized carbons (Fsp3) is 0.167. The normalized spacial score (nSPS) is 11.3. The van der Waals surface area contributed by atoms with E-state index >= 15 is 0 Å². The van der Waals surface area contributed by atoms with Crippen LogP contribution in [0, 0.1) is 0 Å². The molecule has 0 aliphatic carbocycles. The van der Waals surface area contributed by atoms with Crippen LogP contribution in [0.4, 0.5) is 17.6 Å². The van der Waals surface area contributed by atoms with E-state index < -0.39 is 18.8 Å². The third-order valence-corrected chi connectivity index (χ3v) is 4.83. The van der Waals surface area contributed by atoms with Crippen LogP contribution in [0.2, 0.25) is 0 Å². The zero-order valence-corrected chi connectivity index (χ0v) is 17.8. The van der Waals surface area contributed by atoms with Crippen LogP contribution in [0.3, 0.4) is 0 Å². The number of nitrogens with zero attached hydrogens (tertiary/aromatic N) is 2. The maximum absolute atomic E-state index is 13.6. The Balaban J connectivity index is 1.88. The van der Waals surface area contributed by atoms with Crippen LogP contribution in [-0.2, 0) is 0 Å². The number of hydrogen-bond donors (Lipinski definition) is 0. The molecule has 0 bridgehead atoms. The molecule has 0 amide bonds. The van der Waals surface area contributed by atoms with Gasteiger partial charge in [0.15, 0.2) is 5.65 Å². The fourth-order valence-corrected chi connectivity index (χ4v) is 3.43. The molecule has 2 aromatic carbocycles. The first-order valence-corrected chi connectivity index (χ1v) is 10.2. The van der Waals surface area contributed by atoms with Crippen LogP contribution in [0.5, 0.6) is 17.4 Å². The summed E-state index contributed by atoms with van der Waals surface area (Å²) in [5.74, 6) is 0.199. The molecule has 0 saturated heterocycles.